The second kappa shape index (κ2) is 7.82. The summed E-state index contributed by atoms with van der Waals surface area (Å²) in [6.07, 6.45) is 0.903. The van der Waals surface area contributed by atoms with Gasteiger partial charge in [0.2, 0.25) is 11.8 Å². The van der Waals surface area contributed by atoms with Crippen LogP contribution in [0.1, 0.15) is 43.2 Å². The first-order valence-electron chi connectivity index (χ1n) is 9.25. The van der Waals surface area contributed by atoms with Crippen LogP contribution in [0.2, 0.25) is 0 Å². The Kier molecular flexibility index (Phi) is 5.67. The van der Waals surface area contributed by atoms with Crippen molar-refractivity contribution in [2.24, 2.45) is 11.7 Å². The summed E-state index contributed by atoms with van der Waals surface area (Å²) in [5, 5.41) is 4.97. The van der Waals surface area contributed by atoms with Gasteiger partial charge in [-0.25, -0.2) is 0 Å². The molecule has 2 amide bonds. The molecule has 0 aliphatic carbocycles. The molecule has 2 aromatic rings. The zero-order chi connectivity index (χ0) is 19.6. The number of benzene rings is 1. The second-order valence-electron chi connectivity index (χ2n) is 7.91. The largest absolute Gasteiger partial charge is 0.354 e. The summed E-state index contributed by atoms with van der Waals surface area (Å²) in [5.74, 6) is -0.290. The van der Waals surface area contributed by atoms with Crippen molar-refractivity contribution < 1.29 is 9.59 Å². The molecule has 2 heterocycles. The number of nitrogens with one attached hydrogen (secondary N) is 1. The summed E-state index contributed by atoms with van der Waals surface area (Å²) in [6.45, 7) is 6.18. The molecule has 3 rings (SSSR count). The Morgan fingerprint density at radius 2 is 2.00 bits per heavy atom. The molecular weight excluding hydrogens is 358 g/mol. The van der Waals surface area contributed by atoms with Gasteiger partial charge in [0, 0.05) is 29.1 Å². The van der Waals surface area contributed by atoms with E-state index < -0.39 is 5.54 Å². The van der Waals surface area contributed by atoms with Gasteiger partial charge in [-0.3, -0.25) is 9.59 Å². The minimum atomic E-state index is -0.477. The van der Waals surface area contributed by atoms with Crippen molar-refractivity contribution in [2.75, 3.05) is 11.4 Å². The van der Waals surface area contributed by atoms with E-state index in [2.05, 4.69) is 5.32 Å². The molecule has 6 heteroatoms. The summed E-state index contributed by atoms with van der Waals surface area (Å²) in [6, 6.07) is 11.6. The van der Waals surface area contributed by atoms with Gasteiger partial charge >= 0.3 is 0 Å². The number of hydrogen-bond acceptors (Lipinski definition) is 4. The van der Waals surface area contributed by atoms with Crippen molar-refractivity contribution in [1.29, 1.82) is 0 Å². The van der Waals surface area contributed by atoms with Crippen molar-refractivity contribution in [3.05, 3.63) is 52.2 Å². The second-order valence-corrected chi connectivity index (χ2v) is 8.89. The van der Waals surface area contributed by atoms with Crippen LogP contribution in [0, 0.1) is 12.8 Å². The van der Waals surface area contributed by atoms with E-state index >= 15 is 0 Å². The van der Waals surface area contributed by atoms with Crippen molar-refractivity contribution in [1.82, 2.24) is 5.32 Å². The van der Waals surface area contributed by atoms with Crippen LogP contribution >= 0.6 is 11.3 Å². The van der Waals surface area contributed by atoms with Gasteiger partial charge in [-0.2, -0.15) is 0 Å². The minimum absolute atomic E-state index is 0.0449. The van der Waals surface area contributed by atoms with Gasteiger partial charge < -0.3 is 16.0 Å². The molecular formula is C21H27N3O2S. The fourth-order valence-corrected chi connectivity index (χ4v) is 4.29. The Morgan fingerprint density at radius 3 is 2.59 bits per heavy atom. The van der Waals surface area contributed by atoms with Crippen LogP contribution < -0.4 is 16.0 Å². The molecule has 1 aliphatic heterocycles. The number of carbonyl (C=O) groups excluding carboxylic acids is 2. The van der Waals surface area contributed by atoms with E-state index in [9.17, 15) is 9.59 Å². The Labute approximate surface area is 164 Å². The zero-order valence-electron chi connectivity index (χ0n) is 16.1. The maximum absolute atomic E-state index is 13.0. The van der Waals surface area contributed by atoms with Gasteiger partial charge in [0.25, 0.3) is 0 Å². The van der Waals surface area contributed by atoms with E-state index in [1.165, 1.54) is 0 Å². The van der Waals surface area contributed by atoms with E-state index in [-0.39, 0.29) is 23.8 Å². The highest BCUT2D eigenvalue weighted by Crippen LogP contribution is 2.41. The number of anilines is 1. The van der Waals surface area contributed by atoms with Gasteiger partial charge in [0.15, 0.2) is 0 Å². The lowest BCUT2D eigenvalue weighted by Gasteiger charge is -2.40. The van der Waals surface area contributed by atoms with E-state index in [4.69, 9.17) is 5.73 Å². The summed E-state index contributed by atoms with van der Waals surface area (Å²) in [5.41, 5.74) is 7.51. The molecule has 1 aliphatic rings. The molecule has 1 saturated heterocycles. The van der Waals surface area contributed by atoms with Crippen LogP contribution in [0.15, 0.2) is 41.8 Å². The monoisotopic (exact) mass is 385 g/mol. The molecule has 1 aromatic carbocycles. The first-order chi connectivity index (χ1) is 12.8. The number of nitrogens with two attached hydrogens (primary N) is 1. The van der Waals surface area contributed by atoms with E-state index in [1.54, 1.807) is 16.2 Å². The minimum Gasteiger partial charge on any atom is -0.354 e. The smallest absolute Gasteiger partial charge is 0.227 e. The van der Waals surface area contributed by atoms with Crippen molar-refractivity contribution in [2.45, 2.75) is 45.2 Å². The fourth-order valence-electron chi connectivity index (χ4n) is 3.41. The molecule has 1 aromatic heterocycles. The van der Waals surface area contributed by atoms with Gasteiger partial charge in [0.05, 0.1) is 12.0 Å². The topological polar surface area (TPSA) is 75.4 Å². The average molecular weight is 386 g/mol. The van der Waals surface area contributed by atoms with Crippen molar-refractivity contribution in [3.63, 3.8) is 0 Å². The molecule has 0 saturated carbocycles. The van der Waals surface area contributed by atoms with Crippen molar-refractivity contribution in [3.8, 4) is 0 Å². The highest BCUT2D eigenvalue weighted by molar-refractivity contribution is 7.10. The van der Waals surface area contributed by atoms with Gasteiger partial charge in [0.1, 0.15) is 0 Å². The molecule has 0 radical (unpaired) electrons. The molecule has 27 heavy (non-hydrogen) atoms. The standard InChI is InChI=1S/C21H27N3O2S/c1-14-6-8-15(9-7-14)24-18(25)11-10-16(19(24)17-5-4-12-27-17)20(26)23-13-21(2,3)22/h4-9,12,16,19H,10-11,13,22H2,1-3H3,(H,23,26). The fraction of sp³-hybridized carbons (Fsp3) is 0.429. The van der Waals surface area contributed by atoms with Gasteiger partial charge in [-0.15, -0.1) is 11.3 Å². The highest BCUT2D eigenvalue weighted by Gasteiger charge is 2.42. The molecule has 0 spiro atoms. The van der Waals surface area contributed by atoms with Crippen LogP contribution in [-0.2, 0) is 9.59 Å². The molecule has 3 N–H and O–H groups in total. The number of carbonyl (C=O) groups is 2. The molecule has 2 atom stereocenters. The van der Waals surface area contributed by atoms with Crippen LogP contribution in [0.4, 0.5) is 5.69 Å². The number of amides is 2. The van der Waals surface area contributed by atoms with Crippen molar-refractivity contribution >= 4 is 28.8 Å². The Bertz CT molecular complexity index is 794. The van der Waals surface area contributed by atoms with Crippen LogP contribution in [-0.4, -0.2) is 23.9 Å². The lowest BCUT2D eigenvalue weighted by atomic mass is 9.86. The summed E-state index contributed by atoms with van der Waals surface area (Å²) in [4.78, 5) is 28.7. The molecule has 2 unspecified atom stereocenters. The predicted molar refractivity (Wildman–Crippen MR) is 110 cm³/mol. The summed E-state index contributed by atoms with van der Waals surface area (Å²) < 4.78 is 0. The third-order valence-electron chi connectivity index (χ3n) is 4.80. The number of thiophene rings is 1. The third-order valence-corrected chi connectivity index (χ3v) is 5.74. The number of piperidine rings is 1. The van der Waals surface area contributed by atoms with E-state index in [0.29, 0.717) is 19.4 Å². The maximum Gasteiger partial charge on any atom is 0.227 e. The van der Waals surface area contributed by atoms with Gasteiger partial charge in [-0.05, 0) is 50.8 Å². The Hall–Kier alpha value is -2.18. The van der Waals surface area contributed by atoms with Crippen LogP contribution in [0.3, 0.4) is 0 Å². The molecule has 0 bridgehead atoms. The number of rotatable bonds is 5. The maximum atomic E-state index is 13.0. The summed E-state index contributed by atoms with van der Waals surface area (Å²) in [7, 11) is 0. The lowest BCUT2D eigenvalue weighted by molar-refractivity contribution is -0.129. The average Bonchev–Trinajstić information content (AvgIpc) is 3.14. The molecule has 5 nitrogen and oxygen atoms in total. The number of nitrogens with zero attached hydrogens (tertiary/aromatic N) is 1. The Balaban J connectivity index is 1.95. The highest BCUT2D eigenvalue weighted by atomic mass is 32.1. The van der Waals surface area contributed by atoms with Crippen LogP contribution in [0.5, 0.6) is 0 Å². The molecule has 1 fully saturated rings. The van der Waals surface area contributed by atoms with E-state index in [1.807, 2.05) is 62.5 Å². The van der Waals surface area contributed by atoms with Gasteiger partial charge in [-0.1, -0.05) is 23.8 Å². The van der Waals surface area contributed by atoms with Crippen LogP contribution in [0.25, 0.3) is 0 Å². The van der Waals surface area contributed by atoms with E-state index in [0.717, 1.165) is 16.1 Å². The summed E-state index contributed by atoms with van der Waals surface area (Å²) >= 11 is 1.58. The Morgan fingerprint density at radius 1 is 1.30 bits per heavy atom. The predicted octanol–water partition coefficient (Wildman–Crippen LogP) is 3.39. The third kappa shape index (κ3) is 4.57. The first-order valence-corrected chi connectivity index (χ1v) is 10.1. The number of hydrogen-bond donors (Lipinski definition) is 2. The molecule has 144 valence electrons. The first kappa shape index (κ1) is 19.6. The quantitative estimate of drug-likeness (QED) is 0.828. The number of aryl methyl sites for hydroxylation is 1. The normalized spacial score (nSPS) is 20.6. The SMILES string of the molecule is Cc1ccc(N2C(=O)CCC(C(=O)NCC(C)(C)N)C2c2cccs2)cc1. The zero-order valence-corrected chi connectivity index (χ0v) is 16.9. The lowest BCUT2D eigenvalue weighted by Crippen LogP contribution is -2.51.